The molecule has 0 atom stereocenters. The molecule has 1 amide bonds. The number of nitrogens with one attached hydrogen (secondary N) is 2. The van der Waals surface area contributed by atoms with E-state index in [1.54, 1.807) is 0 Å². The van der Waals surface area contributed by atoms with Crippen molar-refractivity contribution in [3.63, 3.8) is 0 Å². The van der Waals surface area contributed by atoms with Crippen LogP contribution in [0, 0.1) is 5.41 Å². The highest BCUT2D eigenvalue weighted by atomic mass is 35.5. The molecule has 102 valence electrons. The van der Waals surface area contributed by atoms with Gasteiger partial charge in [-0.05, 0) is 36.9 Å². The van der Waals surface area contributed by atoms with Gasteiger partial charge in [0.1, 0.15) is 0 Å². The summed E-state index contributed by atoms with van der Waals surface area (Å²) in [5, 5.41) is 2.82. The second-order valence-corrected chi connectivity index (χ2v) is 5.85. The van der Waals surface area contributed by atoms with Crippen molar-refractivity contribution in [2.24, 2.45) is 5.41 Å². The van der Waals surface area contributed by atoms with E-state index in [2.05, 4.69) is 10.9 Å². The Kier molecular flexibility index (Phi) is 2.94. The number of carbonyl (C=O) groups excluding carboxylic acids is 1. The van der Waals surface area contributed by atoms with Crippen LogP contribution in [0.15, 0.2) is 42.1 Å². The largest absolute Gasteiger partial charge is 0.302 e. The molecule has 1 aliphatic rings. The molecule has 3 rings (SSSR count). The molecule has 0 radical (unpaired) electrons. The lowest BCUT2D eigenvalue weighted by molar-refractivity contribution is -0.125. The maximum Gasteiger partial charge on any atom is 0.249 e. The first-order valence-electron chi connectivity index (χ1n) is 6.46. The van der Waals surface area contributed by atoms with Crippen LogP contribution in [-0.2, 0) is 4.79 Å². The summed E-state index contributed by atoms with van der Waals surface area (Å²) in [5.41, 5.74) is 6.95. The van der Waals surface area contributed by atoms with Gasteiger partial charge < -0.3 is 5.43 Å². The normalized spacial score (nSPS) is 19.1. The van der Waals surface area contributed by atoms with Crippen LogP contribution >= 0.6 is 11.6 Å². The molecule has 0 aliphatic carbocycles. The predicted molar refractivity (Wildman–Crippen MR) is 82.0 cm³/mol. The summed E-state index contributed by atoms with van der Waals surface area (Å²) in [7, 11) is 0. The van der Waals surface area contributed by atoms with E-state index in [4.69, 9.17) is 11.6 Å². The zero-order chi connectivity index (χ0) is 14.3. The SMILES string of the molecule is CC1(C)C(=O)NN/C1=C\c1cccc2c(Cl)cccc12. The Labute approximate surface area is 122 Å². The fourth-order valence-electron chi connectivity index (χ4n) is 2.35. The summed E-state index contributed by atoms with van der Waals surface area (Å²) < 4.78 is 0. The van der Waals surface area contributed by atoms with Crippen LogP contribution in [0.25, 0.3) is 16.8 Å². The quantitative estimate of drug-likeness (QED) is 0.842. The minimum absolute atomic E-state index is 0.0259. The van der Waals surface area contributed by atoms with E-state index < -0.39 is 5.41 Å². The molecule has 2 N–H and O–H groups in total. The smallest absolute Gasteiger partial charge is 0.249 e. The van der Waals surface area contributed by atoms with Crippen LogP contribution < -0.4 is 10.9 Å². The molecule has 0 bridgehead atoms. The second-order valence-electron chi connectivity index (χ2n) is 5.44. The van der Waals surface area contributed by atoms with Crippen molar-refractivity contribution in [2.75, 3.05) is 0 Å². The standard InChI is InChI=1S/C16H15ClN2O/c1-16(2)14(18-19-15(16)20)9-10-5-3-7-12-11(10)6-4-8-13(12)17/h3-9,18H,1-2H3,(H,19,20)/b14-9-. The highest BCUT2D eigenvalue weighted by Gasteiger charge is 2.37. The Morgan fingerprint density at radius 3 is 2.45 bits per heavy atom. The predicted octanol–water partition coefficient (Wildman–Crippen LogP) is 3.49. The molecule has 0 aromatic heterocycles. The number of amides is 1. The number of hydrogen-bond donors (Lipinski definition) is 2. The highest BCUT2D eigenvalue weighted by molar-refractivity contribution is 6.35. The minimum atomic E-state index is -0.555. The Hall–Kier alpha value is -2.00. The first-order chi connectivity index (χ1) is 9.50. The Morgan fingerprint density at radius 1 is 1.05 bits per heavy atom. The van der Waals surface area contributed by atoms with Crippen molar-refractivity contribution in [1.82, 2.24) is 10.9 Å². The van der Waals surface area contributed by atoms with Crippen molar-refractivity contribution < 1.29 is 4.79 Å². The van der Waals surface area contributed by atoms with Gasteiger partial charge in [-0.2, -0.15) is 0 Å². The fourth-order valence-corrected chi connectivity index (χ4v) is 2.59. The van der Waals surface area contributed by atoms with Crippen LogP contribution in [-0.4, -0.2) is 5.91 Å². The van der Waals surface area contributed by atoms with Gasteiger partial charge in [0, 0.05) is 16.1 Å². The van der Waals surface area contributed by atoms with E-state index in [1.165, 1.54) is 0 Å². The van der Waals surface area contributed by atoms with Crippen LogP contribution in [0.2, 0.25) is 5.02 Å². The number of hydrazine groups is 1. The van der Waals surface area contributed by atoms with Gasteiger partial charge in [0.05, 0.1) is 5.41 Å². The molecule has 4 heteroatoms. The van der Waals surface area contributed by atoms with Crippen LogP contribution in [0.3, 0.4) is 0 Å². The molecule has 0 saturated carbocycles. The zero-order valence-corrected chi connectivity index (χ0v) is 12.1. The molecular formula is C16H15ClN2O. The number of benzene rings is 2. The molecule has 1 heterocycles. The average molecular weight is 287 g/mol. The monoisotopic (exact) mass is 286 g/mol. The summed E-state index contributed by atoms with van der Waals surface area (Å²) in [4.78, 5) is 11.8. The lowest BCUT2D eigenvalue weighted by Crippen LogP contribution is -2.28. The van der Waals surface area contributed by atoms with Crippen LogP contribution in [0.5, 0.6) is 0 Å². The van der Waals surface area contributed by atoms with Crippen LogP contribution in [0.4, 0.5) is 0 Å². The van der Waals surface area contributed by atoms with Crippen molar-refractivity contribution in [2.45, 2.75) is 13.8 Å². The van der Waals surface area contributed by atoms with Gasteiger partial charge in [-0.3, -0.25) is 10.2 Å². The van der Waals surface area contributed by atoms with Gasteiger partial charge in [0.25, 0.3) is 0 Å². The average Bonchev–Trinajstić information content (AvgIpc) is 2.67. The van der Waals surface area contributed by atoms with Crippen molar-refractivity contribution in [3.05, 3.63) is 52.7 Å². The topological polar surface area (TPSA) is 41.1 Å². The minimum Gasteiger partial charge on any atom is -0.302 e. The molecule has 2 aromatic rings. The third kappa shape index (κ3) is 1.95. The zero-order valence-electron chi connectivity index (χ0n) is 11.3. The number of halogens is 1. The molecule has 0 spiro atoms. The number of carbonyl (C=O) groups is 1. The lowest BCUT2D eigenvalue weighted by atomic mass is 9.88. The molecule has 1 fully saturated rings. The summed E-state index contributed by atoms with van der Waals surface area (Å²) >= 11 is 6.22. The van der Waals surface area contributed by atoms with Crippen molar-refractivity contribution in [1.29, 1.82) is 0 Å². The summed E-state index contributed by atoms with van der Waals surface area (Å²) in [6.07, 6.45) is 2.00. The molecule has 1 saturated heterocycles. The molecule has 3 nitrogen and oxygen atoms in total. The second kappa shape index (κ2) is 4.53. The van der Waals surface area contributed by atoms with E-state index in [9.17, 15) is 4.79 Å². The van der Waals surface area contributed by atoms with Crippen molar-refractivity contribution in [3.8, 4) is 0 Å². The van der Waals surface area contributed by atoms with Crippen molar-refractivity contribution >= 4 is 34.4 Å². The maximum atomic E-state index is 11.8. The first-order valence-corrected chi connectivity index (χ1v) is 6.84. The Bertz CT molecular complexity index is 734. The molecule has 1 aliphatic heterocycles. The van der Waals surface area contributed by atoms with E-state index in [0.29, 0.717) is 0 Å². The summed E-state index contributed by atoms with van der Waals surface area (Å²) in [6.45, 7) is 3.79. The molecule has 2 aromatic carbocycles. The fraction of sp³-hybridized carbons (Fsp3) is 0.188. The Balaban J connectivity index is 2.17. The van der Waals surface area contributed by atoms with Crippen LogP contribution in [0.1, 0.15) is 19.4 Å². The van der Waals surface area contributed by atoms with E-state index in [-0.39, 0.29) is 5.91 Å². The highest BCUT2D eigenvalue weighted by Crippen LogP contribution is 2.32. The number of fused-ring (bicyclic) bond motifs is 1. The summed E-state index contributed by atoms with van der Waals surface area (Å²) in [5.74, 6) is -0.0259. The van der Waals surface area contributed by atoms with Gasteiger partial charge in [0.2, 0.25) is 5.91 Å². The summed E-state index contributed by atoms with van der Waals surface area (Å²) in [6, 6.07) is 11.8. The molecule has 20 heavy (non-hydrogen) atoms. The van der Waals surface area contributed by atoms with Gasteiger partial charge in [-0.1, -0.05) is 41.9 Å². The van der Waals surface area contributed by atoms with Gasteiger partial charge in [-0.25, -0.2) is 0 Å². The third-order valence-electron chi connectivity index (χ3n) is 3.75. The number of hydrogen-bond acceptors (Lipinski definition) is 2. The van der Waals surface area contributed by atoms with Gasteiger partial charge in [0.15, 0.2) is 0 Å². The molecular weight excluding hydrogens is 272 g/mol. The lowest BCUT2D eigenvalue weighted by Gasteiger charge is -2.15. The molecule has 0 unspecified atom stereocenters. The van der Waals surface area contributed by atoms with E-state index in [0.717, 1.165) is 27.1 Å². The first kappa shape index (κ1) is 13.0. The third-order valence-corrected chi connectivity index (χ3v) is 4.08. The van der Waals surface area contributed by atoms with E-state index >= 15 is 0 Å². The van der Waals surface area contributed by atoms with Gasteiger partial charge >= 0.3 is 0 Å². The Morgan fingerprint density at radius 2 is 1.75 bits per heavy atom. The van der Waals surface area contributed by atoms with E-state index in [1.807, 2.05) is 56.3 Å². The maximum absolute atomic E-state index is 11.8. The number of rotatable bonds is 1. The van der Waals surface area contributed by atoms with Gasteiger partial charge in [-0.15, -0.1) is 0 Å².